The minimum Gasteiger partial charge on any atom is -0.291 e. The number of pyridine rings is 1. The van der Waals surface area contributed by atoms with Crippen molar-refractivity contribution in [2.45, 2.75) is 201 Å². The third-order valence-electron chi connectivity index (χ3n) is 26.2. The second-order valence-electron chi connectivity index (χ2n) is 35.9. The first-order chi connectivity index (χ1) is 62.5. The highest BCUT2D eigenvalue weighted by Crippen LogP contribution is 2.57. The molecule has 0 bridgehead atoms. The van der Waals surface area contributed by atoms with E-state index >= 15 is 0 Å². The molecule has 4 fully saturated rings. The van der Waals surface area contributed by atoms with Gasteiger partial charge in [0.05, 0.1) is 143 Å². The smallest absolute Gasteiger partial charge is 0.291 e. The zero-order valence-electron chi connectivity index (χ0n) is 73.7. The zero-order chi connectivity index (χ0) is 94.0. The Balaban J connectivity index is 0.000000138. The van der Waals surface area contributed by atoms with Crippen LogP contribution in [0.25, 0.3) is 35.3 Å². The van der Waals surface area contributed by atoms with E-state index in [0.29, 0.717) is 111 Å². The van der Waals surface area contributed by atoms with E-state index in [1.165, 1.54) is 65.0 Å². The molecule has 0 spiro atoms. The number of aryl methyl sites for hydroxylation is 3. The van der Waals surface area contributed by atoms with Gasteiger partial charge in [-0.1, -0.05) is 16.7 Å². The van der Waals surface area contributed by atoms with Gasteiger partial charge in [0.15, 0.2) is 15.8 Å². The summed E-state index contributed by atoms with van der Waals surface area (Å²) in [6.07, 6.45) is 22.3. The molecule has 19 rings (SSSR count). The van der Waals surface area contributed by atoms with Gasteiger partial charge in [-0.15, -0.1) is 22.7 Å². The molecule has 0 amide bonds. The van der Waals surface area contributed by atoms with Gasteiger partial charge in [0.2, 0.25) is 11.6 Å². The second-order valence-corrected chi connectivity index (χ2v) is 44.5. The largest absolute Gasteiger partial charge is 0.427 e. The molecule has 0 radical (unpaired) electrons. The number of aromatic nitrogens is 15. The van der Waals surface area contributed by atoms with Gasteiger partial charge < -0.3 is 0 Å². The number of carbonyl (C=O) groups excluding carboxylic acids is 3. The fraction of sp³-hybridized carbons (Fsp3) is 0.372. The lowest BCUT2D eigenvalue weighted by Crippen LogP contribution is -2.52. The fourth-order valence-corrected chi connectivity index (χ4v) is 28.5. The molecule has 692 valence electrons. The minimum absolute atomic E-state index is 0.0289. The molecular weight excluding hydrogens is 1810 g/mol. The van der Waals surface area contributed by atoms with E-state index in [4.69, 9.17) is 0 Å². The van der Waals surface area contributed by atoms with Crippen LogP contribution >= 0.6 is 22.7 Å². The van der Waals surface area contributed by atoms with E-state index in [1.54, 1.807) is 118 Å². The number of hydrogen-bond donors (Lipinski definition) is 0. The van der Waals surface area contributed by atoms with Crippen molar-refractivity contribution >= 4 is 105 Å². The standard InChI is InChI=1S/C32H32F4N6O2S.C32H35FN6O2S2.C30H30F4N6O2S2/c1-20(2)42(45(4,44)27-18-38-40(3)19-27)26-8-5-22-14-29-21(17-39-41(29)25-9-6-24(33)7-10-25)15-31(22,16-26)30(43)28-13-23(11-12-37-28)32(34,35)36;1-20(2)39(43(4,41)27-17-35-37(3)19-27)26-10-7-23-13-28-22(16-36-38(28)25-11-8-24(33)9-12-25)14-32(23,15-26)30(40)31-34-18-29(42-31)21-5-6-21;1-18(2)40(44(4,42)24-15-36-38(3)17-24)23-8-5-20-11-25-19(14-37-39(25)22-9-6-21(31)7-10-22)12-29(20,13-23)27(41)28-35-16-26(43-28)30(32,33)34/h6-7,9-14,17-20,26H,4-5,8,15-16H2,1-3H3;8-9,11-13,16-21,26H,4-7,10,14-15H2,1-3H3;6-7,9-11,14-18,23H,4-5,8,12-13H2,1-3H3/t26-,31-,45?;26-,32-,43?;23-,29-,44?/m000/s1. The Morgan fingerprint density at radius 3 is 1.09 bits per heavy atom. The summed E-state index contributed by atoms with van der Waals surface area (Å²) in [5.41, 5.74) is 4.68. The van der Waals surface area contributed by atoms with Crippen molar-refractivity contribution in [3.63, 3.8) is 0 Å². The molecule has 9 aromatic heterocycles. The number of rotatable bonds is 22. The molecule has 3 unspecified atom stereocenters. The average molecular weight is 1910 g/mol. The summed E-state index contributed by atoms with van der Waals surface area (Å²) in [7, 11) is -3.71. The van der Waals surface area contributed by atoms with Crippen LogP contribution in [0.1, 0.15) is 197 Å². The summed E-state index contributed by atoms with van der Waals surface area (Å²) in [5.74, 6) is 10.9. The number of benzene rings is 3. The number of Topliss-reactive ketones (excluding diaryl/α,β-unsaturated/α-hetero) is 3. The number of halogens is 9. The lowest BCUT2D eigenvalue weighted by atomic mass is 9.60. The molecule has 7 aliphatic carbocycles. The quantitative estimate of drug-likeness (QED) is 0.0347. The number of nitrogens with zero attached hydrogens (tertiary/aromatic N) is 18. The number of alkyl halides is 6. The number of hydrogen-bond acceptors (Lipinski definition) is 17. The van der Waals surface area contributed by atoms with Crippen LogP contribution in [0.3, 0.4) is 0 Å². The topological polar surface area (TPSA) is 258 Å². The predicted octanol–water partition coefficient (Wildman–Crippen LogP) is 17.7. The molecule has 3 aromatic carbocycles. The Bertz CT molecular complexity index is 6930. The van der Waals surface area contributed by atoms with E-state index in [1.807, 2.05) is 83.7 Å². The average Bonchev–Trinajstić information content (AvgIpc) is 1.36. The van der Waals surface area contributed by atoms with E-state index in [9.17, 15) is 66.5 Å². The van der Waals surface area contributed by atoms with Crippen molar-refractivity contribution in [1.29, 1.82) is 0 Å². The first kappa shape index (κ1) is 92.7. The molecule has 0 saturated heterocycles. The molecule has 0 aliphatic heterocycles. The number of carbonyl (C=O) groups is 3. The van der Waals surface area contributed by atoms with E-state index < -0.39 is 97.6 Å². The molecule has 0 N–H and O–H groups in total. The summed E-state index contributed by atoms with van der Waals surface area (Å²) in [6, 6.07) is 18.1. The fourth-order valence-electron chi connectivity index (χ4n) is 20.2. The SMILES string of the molecule is C=S(=O)(c1cnn(C)c1)N(C(C)C)[C@H]1CCC2=Cc3c(cnn3-c3ccc(F)cc3)C[C@]2(C(=O)c2cc(C(F)(F)F)ccn2)C1.C=S(=O)(c1cnn(C)c1)N(C(C)C)[C@H]1CCC2=Cc3c(cnn3-c3ccc(F)cc3)C[C@]2(C(=O)c2ncc(C(F)(F)F)s2)C1.C=S(=O)(c1cnn(C)c1)N(C(C)C)[C@H]1CCC2=Cc3c(cnn3-c3ccc(F)cc3)C[C@]2(C(=O)c2ncc(C3CC3)s2)C1. The Labute approximate surface area is 766 Å². The molecular formula is C94H97F9N18O6S5. The van der Waals surface area contributed by atoms with Crippen molar-refractivity contribution in [1.82, 2.24) is 86.6 Å². The molecule has 132 heavy (non-hydrogen) atoms. The number of allylic oxidation sites excluding steroid dienone is 3. The van der Waals surface area contributed by atoms with Gasteiger partial charge in [-0.25, -0.2) is 62.7 Å². The van der Waals surface area contributed by atoms with Gasteiger partial charge in [0.25, 0.3) is 0 Å². The Morgan fingerprint density at radius 2 is 0.780 bits per heavy atom. The number of ketones is 3. The van der Waals surface area contributed by atoms with Crippen molar-refractivity contribution in [2.75, 3.05) is 0 Å². The van der Waals surface area contributed by atoms with Crippen molar-refractivity contribution < 1.29 is 66.5 Å². The summed E-state index contributed by atoms with van der Waals surface area (Å²) in [4.78, 5) is 58.1. The van der Waals surface area contributed by atoms with Crippen LogP contribution in [0.4, 0.5) is 39.5 Å². The van der Waals surface area contributed by atoms with Crippen LogP contribution < -0.4 is 0 Å². The third-order valence-corrected chi connectivity index (χ3v) is 35.4. The molecule has 9 heterocycles. The van der Waals surface area contributed by atoms with Crippen molar-refractivity contribution in [3.05, 3.63) is 258 Å². The zero-order valence-corrected chi connectivity index (χ0v) is 77.8. The monoisotopic (exact) mass is 1900 g/mol. The minimum atomic E-state index is -4.66. The molecule has 12 aromatic rings. The van der Waals surface area contributed by atoms with E-state index in [-0.39, 0.29) is 78.0 Å². The number of thiazole rings is 2. The van der Waals surface area contributed by atoms with Gasteiger partial charge >= 0.3 is 12.4 Å². The van der Waals surface area contributed by atoms with E-state index in [0.717, 1.165) is 82.5 Å². The highest BCUT2D eigenvalue weighted by atomic mass is 32.2. The highest BCUT2D eigenvalue weighted by molar-refractivity contribution is 7.98. The van der Waals surface area contributed by atoms with Crippen molar-refractivity contribution in [3.8, 4) is 17.1 Å². The number of fused-ring (bicyclic) bond motifs is 6. The molecule has 7 aliphatic rings. The normalized spacial score (nSPS) is 22.0. The summed E-state index contributed by atoms with van der Waals surface area (Å²) in [5, 5.41) is 26.7. The van der Waals surface area contributed by atoms with Gasteiger partial charge in [-0.3, -0.25) is 33.4 Å². The van der Waals surface area contributed by atoms with Crippen LogP contribution in [-0.4, -0.2) is 170 Å². The Morgan fingerprint density at radius 1 is 0.439 bits per heavy atom. The maximum atomic E-state index is 14.7. The molecule has 4 saturated carbocycles. The van der Waals surface area contributed by atoms with E-state index in [2.05, 4.69) is 69.2 Å². The molecule has 9 atom stereocenters. The maximum absolute atomic E-state index is 14.7. The Kier molecular flexibility index (Phi) is 24.6. The molecule has 38 heteroatoms. The molecule has 24 nitrogen and oxygen atoms in total. The van der Waals surface area contributed by atoms with Crippen LogP contribution in [0, 0.1) is 33.7 Å². The van der Waals surface area contributed by atoms with Gasteiger partial charge in [0.1, 0.15) is 28.0 Å². The summed E-state index contributed by atoms with van der Waals surface area (Å²) < 4.78 is 181. The summed E-state index contributed by atoms with van der Waals surface area (Å²) in [6.45, 7) is 11.7. The van der Waals surface area contributed by atoms with Crippen LogP contribution in [0.2, 0.25) is 0 Å². The Hall–Kier alpha value is -11.1. The maximum Gasteiger partial charge on any atom is 0.427 e. The van der Waals surface area contributed by atoms with Gasteiger partial charge in [0, 0.05) is 93.3 Å². The lowest BCUT2D eigenvalue weighted by Gasteiger charge is -2.48. The van der Waals surface area contributed by atoms with Gasteiger partial charge in [-0.2, -0.15) is 56.9 Å². The van der Waals surface area contributed by atoms with Crippen LogP contribution in [-0.2, 0) is 81.9 Å². The summed E-state index contributed by atoms with van der Waals surface area (Å²) >= 11 is 1.86. The van der Waals surface area contributed by atoms with Gasteiger partial charge in [-0.05, 0) is 275 Å². The third kappa shape index (κ3) is 17.3. The second kappa shape index (κ2) is 35.0. The first-order valence-electron chi connectivity index (χ1n) is 43.2. The first-order valence-corrected chi connectivity index (χ1v) is 49.9. The highest BCUT2D eigenvalue weighted by Gasteiger charge is 2.57. The van der Waals surface area contributed by atoms with Crippen LogP contribution in [0.5, 0.6) is 0 Å². The van der Waals surface area contributed by atoms with Crippen LogP contribution in [0.15, 0.2) is 191 Å². The predicted molar refractivity (Wildman–Crippen MR) is 490 cm³/mol. The lowest BCUT2D eigenvalue weighted by molar-refractivity contribution is -0.137. The van der Waals surface area contributed by atoms with Crippen molar-refractivity contribution in [2.24, 2.45) is 37.4 Å².